The lowest BCUT2D eigenvalue weighted by Crippen LogP contribution is -2.40. The van der Waals surface area contributed by atoms with Crippen molar-refractivity contribution in [1.29, 1.82) is 0 Å². The minimum absolute atomic E-state index is 0.0539. The molecule has 1 N–H and O–H groups in total. The maximum Gasteiger partial charge on any atom is 0.0863 e. The molecule has 1 aliphatic carbocycles. The van der Waals surface area contributed by atoms with Crippen molar-refractivity contribution in [1.82, 2.24) is 14.8 Å². The number of nitrogens with zero attached hydrogens (tertiary/aromatic N) is 3. The fraction of sp³-hybridized carbons (Fsp3) is 0.115. The minimum Gasteiger partial charge on any atom is -0.333 e. The first kappa shape index (κ1) is 34.1. The summed E-state index contributed by atoms with van der Waals surface area (Å²) >= 11 is 0. The third-order valence-corrected chi connectivity index (χ3v) is 11.6. The number of rotatable bonds is 10. The molecule has 8 aromatic rings. The molecule has 3 atom stereocenters. The van der Waals surface area contributed by atoms with Crippen molar-refractivity contribution in [3.63, 3.8) is 0 Å². The Morgan fingerprint density at radius 1 is 0.571 bits per heavy atom. The number of fused-ring (bicyclic) bond motifs is 6. The molecule has 0 saturated heterocycles. The van der Waals surface area contributed by atoms with Crippen LogP contribution in [0.15, 0.2) is 188 Å². The highest BCUT2D eigenvalue weighted by molar-refractivity contribution is 5.88. The molecule has 7 aromatic carbocycles. The van der Waals surface area contributed by atoms with Gasteiger partial charge in [0.2, 0.25) is 0 Å². The van der Waals surface area contributed by atoms with E-state index < -0.39 is 0 Å². The van der Waals surface area contributed by atoms with Crippen LogP contribution in [-0.2, 0) is 13.1 Å². The predicted octanol–water partition coefficient (Wildman–Crippen LogP) is 10.1. The van der Waals surface area contributed by atoms with Crippen molar-refractivity contribution in [2.45, 2.75) is 31.2 Å². The van der Waals surface area contributed by atoms with Gasteiger partial charge in [-0.05, 0) is 82.9 Å². The standard InChI is InChI=1S/C52H44N4/c1-54(36-38-17-7-3-8-18-38)52(53-35-37-15-5-2-6-16-37)41-27-25-39(26-28-41)40-29-31-43(32-30-40)56-49-24-14-12-22-45(49)47-33-46-44-21-11-13-23-48(44)55(50(46)34-51(47)56)42-19-9-4-10-20-42/h2-34,46,50,52-53H,35-36H2,1H3. The summed E-state index contributed by atoms with van der Waals surface area (Å²) in [6.07, 6.45) is 5.09. The number of anilines is 2. The number of hydrogen-bond acceptors (Lipinski definition) is 3. The van der Waals surface area contributed by atoms with Crippen LogP contribution in [-0.4, -0.2) is 22.6 Å². The molecule has 272 valence electrons. The van der Waals surface area contributed by atoms with E-state index in [-0.39, 0.29) is 18.1 Å². The predicted molar refractivity (Wildman–Crippen MR) is 232 cm³/mol. The van der Waals surface area contributed by atoms with Crippen LogP contribution in [0.1, 0.15) is 34.3 Å². The summed E-state index contributed by atoms with van der Waals surface area (Å²) in [5, 5.41) is 7.71. The van der Waals surface area contributed by atoms with Crippen LogP contribution in [0.5, 0.6) is 0 Å². The third kappa shape index (κ3) is 6.23. The van der Waals surface area contributed by atoms with Gasteiger partial charge in [-0.25, -0.2) is 0 Å². The van der Waals surface area contributed by atoms with E-state index in [2.05, 4.69) is 227 Å². The van der Waals surface area contributed by atoms with Gasteiger partial charge in [-0.2, -0.15) is 0 Å². The molecule has 4 heteroatoms. The van der Waals surface area contributed by atoms with Crippen LogP contribution >= 0.6 is 0 Å². The molecular weight excluding hydrogens is 681 g/mol. The Morgan fingerprint density at radius 2 is 1.18 bits per heavy atom. The monoisotopic (exact) mass is 724 g/mol. The zero-order valence-corrected chi connectivity index (χ0v) is 31.5. The maximum absolute atomic E-state index is 3.84. The Kier molecular flexibility index (Phi) is 8.91. The lowest BCUT2D eigenvalue weighted by Gasteiger charge is -2.30. The summed E-state index contributed by atoms with van der Waals surface area (Å²) in [5.74, 6) is 0.273. The Labute approximate surface area is 328 Å². The van der Waals surface area contributed by atoms with Crippen LogP contribution in [0, 0.1) is 0 Å². The average molecular weight is 725 g/mol. The van der Waals surface area contributed by atoms with Gasteiger partial charge in [0.15, 0.2) is 0 Å². The highest BCUT2D eigenvalue weighted by atomic mass is 15.2. The van der Waals surface area contributed by atoms with Gasteiger partial charge in [-0.3, -0.25) is 10.2 Å². The second-order valence-corrected chi connectivity index (χ2v) is 15.1. The van der Waals surface area contributed by atoms with Gasteiger partial charge in [0, 0.05) is 46.7 Å². The summed E-state index contributed by atoms with van der Waals surface area (Å²) in [6, 6.07) is 68.4. The SMILES string of the molecule is CN(Cc1ccccc1)C(NCc1ccccc1)c1ccc(-c2ccc(-n3c4c(c5ccccc53)=CC3c5ccccc5N(c5ccccc5)C3C=4)cc2)cc1. The number of benzene rings is 7. The molecule has 0 spiro atoms. The molecule has 0 saturated carbocycles. The molecule has 1 aromatic heterocycles. The molecule has 0 radical (unpaired) electrons. The van der Waals surface area contributed by atoms with Crippen molar-refractivity contribution in [2.75, 3.05) is 11.9 Å². The van der Waals surface area contributed by atoms with Crippen LogP contribution in [0.4, 0.5) is 11.4 Å². The molecule has 2 heterocycles. The van der Waals surface area contributed by atoms with Gasteiger partial charge >= 0.3 is 0 Å². The van der Waals surface area contributed by atoms with E-state index in [9.17, 15) is 0 Å². The molecule has 1 aliphatic heterocycles. The van der Waals surface area contributed by atoms with Crippen LogP contribution in [0.2, 0.25) is 0 Å². The van der Waals surface area contributed by atoms with Crippen molar-refractivity contribution < 1.29 is 0 Å². The normalized spacial score (nSPS) is 16.1. The number of nitrogens with one attached hydrogen (secondary N) is 1. The quantitative estimate of drug-likeness (QED) is 0.142. The Morgan fingerprint density at radius 3 is 1.91 bits per heavy atom. The molecule has 2 aliphatic rings. The van der Waals surface area contributed by atoms with Crippen molar-refractivity contribution >= 4 is 34.4 Å². The third-order valence-electron chi connectivity index (χ3n) is 11.6. The fourth-order valence-corrected chi connectivity index (χ4v) is 8.97. The molecule has 56 heavy (non-hydrogen) atoms. The summed E-state index contributed by atoms with van der Waals surface area (Å²) < 4.78 is 2.46. The second kappa shape index (κ2) is 14.6. The van der Waals surface area contributed by atoms with Gasteiger partial charge in [0.1, 0.15) is 0 Å². The van der Waals surface area contributed by atoms with Gasteiger partial charge in [-0.1, -0.05) is 158 Å². The Balaban J connectivity index is 0.978. The molecule has 10 rings (SSSR count). The first-order chi connectivity index (χ1) is 27.7. The van der Waals surface area contributed by atoms with Crippen LogP contribution < -0.4 is 20.8 Å². The molecular formula is C52H44N4. The topological polar surface area (TPSA) is 23.4 Å². The zero-order valence-electron chi connectivity index (χ0n) is 31.5. The summed E-state index contributed by atoms with van der Waals surface area (Å²) in [4.78, 5) is 4.92. The van der Waals surface area contributed by atoms with Crippen molar-refractivity contribution in [3.05, 3.63) is 221 Å². The van der Waals surface area contributed by atoms with Crippen LogP contribution in [0.25, 0.3) is 39.9 Å². The Hall–Kier alpha value is -6.46. The number of para-hydroxylation sites is 3. The first-order valence-electron chi connectivity index (χ1n) is 19.7. The van der Waals surface area contributed by atoms with Gasteiger partial charge in [-0.15, -0.1) is 0 Å². The second-order valence-electron chi connectivity index (χ2n) is 15.1. The summed E-state index contributed by atoms with van der Waals surface area (Å²) in [5.41, 5.74) is 12.5. The molecule has 0 bridgehead atoms. The lowest BCUT2D eigenvalue weighted by molar-refractivity contribution is 0.196. The lowest BCUT2D eigenvalue weighted by atomic mass is 9.90. The van der Waals surface area contributed by atoms with E-state index in [1.165, 1.54) is 71.9 Å². The largest absolute Gasteiger partial charge is 0.333 e. The number of aromatic nitrogens is 1. The van der Waals surface area contributed by atoms with E-state index in [0.717, 1.165) is 13.1 Å². The van der Waals surface area contributed by atoms with Crippen molar-refractivity contribution in [2.24, 2.45) is 0 Å². The van der Waals surface area contributed by atoms with Gasteiger partial charge < -0.3 is 9.47 Å². The van der Waals surface area contributed by atoms with Crippen LogP contribution in [0.3, 0.4) is 0 Å². The van der Waals surface area contributed by atoms with Crippen molar-refractivity contribution in [3.8, 4) is 16.8 Å². The minimum atomic E-state index is 0.0539. The Bertz CT molecular complexity index is 2740. The maximum atomic E-state index is 3.84. The van der Waals surface area contributed by atoms with E-state index in [1.807, 2.05) is 0 Å². The highest BCUT2D eigenvalue weighted by Crippen LogP contribution is 2.47. The van der Waals surface area contributed by atoms with Gasteiger partial charge in [0.05, 0.1) is 23.1 Å². The molecule has 4 nitrogen and oxygen atoms in total. The number of hydrogen-bond donors (Lipinski definition) is 1. The van der Waals surface area contributed by atoms with Gasteiger partial charge in [0.25, 0.3) is 0 Å². The zero-order chi connectivity index (χ0) is 37.4. The smallest absolute Gasteiger partial charge is 0.0863 e. The average Bonchev–Trinajstić information content (AvgIpc) is 3.76. The van der Waals surface area contributed by atoms with E-state index >= 15 is 0 Å². The molecule has 0 amide bonds. The fourth-order valence-electron chi connectivity index (χ4n) is 8.97. The molecule has 3 unspecified atom stereocenters. The summed E-state index contributed by atoms with van der Waals surface area (Å²) in [7, 11) is 2.20. The highest BCUT2D eigenvalue weighted by Gasteiger charge is 2.38. The van der Waals surface area contributed by atoms with E-state index in [0.29, 0.717) is 0 Å². The first-order valence-corrected chi connectivity index (χ1v) is 19.7. The van der Waals surface area contributed by atoms with E-state index in [1.54, 1.807) is 0 Å². The summed E-state index contributed by atoms with van der Waals surface area (Å²) in [6.45, 7) is 1.64. The molecule has 0 fully saturated rings. The van der Waals surface area contributed by atoms with E-state index in [4.69, 9.17) is 0 Å².